The Morgan fingerprint density at radius 3 is 0.719 bits per heavy atom. The molecule has 2 aliphatic heterocycles. The van der Waals surface area contributed by atoms with Crippen LogP contribution in [0.1, 0.15) is 134 Å². The van der Waals surface area contributed by atoms with Crippen molar-refractivity contribution in [3.63, 3.8) is 0 Å². The van der Waals surface area contributed by atoms with Crippen molar-refractivity contribution in [3.8, 4) is 365 Å². The van der Waals surface area contributed by atoms with Gasteiger partial charge in [-0.3, -0.25) is 0 Å². The van der Waals surface area contributed by atoms with Gasteiger partial charge in [0, 0.05) is 271 Å². The van der Waals surface area contributed by atoms with E-state index in [-0.39, 0.29) is 22.2 Å². The number of benzene rings is 4. The van der Waals surface area contributed by atoms with E-state index in [1.165, 1.54) is 39.2 Å². The van der Waals surface area contributed by atoms with Crippen LogP contribution in [0.3, 0.4) is 0 Å². The van der Waals surface area contributed by atoms with E-state index in [0.717, 1.165) is 67.1 Å². The molecule has 6 aromatic rings. The Labute approximate surface area is 677 Å². The molecule has 0 radical (unpaired) electrons. The van der Waals surface area contributed by atoms with Gasteiger partial charge in [0.2, 0.25) is 0 Å². The Kier molecular flexibility index (Phi) is 35.7. The molecule has 0 atom stereocenters. The second-order valence-electron chi connectivity index (χ2n) is 25.6. The van der Waals surface area contributed by atoms with Crippen molar-refractivity contribution in [2.75, 3.05) is 9.80 Å². The maximum absolute atomic E-state index is 4.74. The highest BCUT2D eigenvalue weighted by atomic mass is 15.5. The molecule has 0 fully saturated rings. The molecule has 534 valence electrons. The molecule has 0 aliphatic carbocycles. The summed E-state index contributed by atoms with van der Waals surface area (Å²) in [6.45, 7) is 32.3. The van der Waals surface area contributed by atoms with E-state index in [4.69, 9.17) is 10.2 Å². The Hall–Kier alpha value is -17.1. The van der Waals surface area contributed by atoms with Crippen LogP contribution in [0.15, 0.2) is 97.1 Å². The van der Waals surface area contributed by atoms with E-state index < -0.39 is 0 Å². The Balaban J connectivity index is 0.000000289. The van der Waals surface area contributed by atoms with Crippen molar-refractivity contribution in [2.24, 2.45) is 0 Å². The number of aromatic nitrogens is 6. The molecule has 0 saturated carbocycles. The largest absolute Gasteiger partial charge is 0.362 e. The molecule has 114 heavy (non-hydrogen) atoms. The summed E-state index contributed by atoms with van der Waals surface area (Å²) in [7, 11) is 0. The standard InChI is InChI=1S/C56H6.2C25H32N4/c1-3-5-7-9-11-13-15-17-19-21-23-25-27-29-31-33-35-37-39-41-43-45-47-49-51-53-55-56-54-52-50-48-46-44-42-40-38-36-34-32-30-28-26-24-22-20-18-16-14-12-10-8-6-4-2;1-7-24(3,4)28-17-18-13-9-10-14-19(18)23-22(20-15-11-12-16-21(20)28)26-27-29(23)25(5,6)8-2;1-7-24(3,4)28-17-18-13-9-10-14-19(18)22-23(20-15-11-12-16-21(20)28)29(27-26-22)25(5,6)8-2/h1-2H3;2*9-16H,7-8,17H2,1-6H3. The highest BCUT2D eigenvalue weighted by Gasteiger charge is 2.37. The zero-order valence-electron chi connectivity index (χ0n) is 66.1. The quantitative estimate of drug-likeness (QED) is 0.142. The van der Waals surface area contributed by atoms with E-state index in [2.05, 4.69) is 529 Å². The fraction of sp³-hybridized carbons (Fsp3) is 0.226. The molecule has 0 unspecified atom stereocenters. The van der Waals surface area contributed by atoms with Crippen LogP contribution in [-0.2, 0) is 24.2 Å². The van der Waals surface area contributed by atoms with Gasteiger partial charge in [0.15, 0.2) is 0 Å². The highest BCUT2D eigenvalue weighted by molar-refractivity contribution is 5.90. The fourth-order valence-electron chi connectivity index (χ4n) is 9.81. The van der Waals surface area contributed by atoms with Crippen molar-refractivity contribution in [1.82, 2.24) is 30.0 Å². The molecule has 0 bridgehead atoms. The van der Waals surface area contributed by atoms with E-state index in [1.807, 2.05) is 0 Å². The van der Waals surface area contributed by atoms with Crippen LogP contribution in [0.2, 0.25) is 0 Å². The van der Waals surface area contributed by atoms with Crippen molar-refractivity contribution in [1.29, 1.82) is 0 Å². The summed E-state index contributed by atoms with van der Waals surface area (Å²) in [6.07, 6.45) is 4.10. The average Bonchev–Trinajstić information content (AvgIpc) is 1.54. The molecular weight excluding hydrogens is 1390 g/mol. The van der Waals surface area contributed by atoms with Gasteiger partial charge in [-0.25, -0.2) is 9.36 Å². The lowest BCUT2D eigenvalue weighted by molar-refractivity contribution is 0.304. The second-order valence-corrected chi connectivity index (χ2v) is 25.6. The molecule has 0 amide bonds. The van der Waals surface area contributed by atoms with Gasteiger partial charge in [-0.15, -0.1) is 10.2 Å². The number of hydrogen-bond acceptors (Lipinski definition) is 6. The SMILES string of the molecule is CC#CC#CC#CC#CC#CC#CC#CC#CC#CC#CC#CC#CC#CC#CC#CC#CC#CC#CC#CC#CC#CC#CC#CC#CC#CC#CC#CC.CCC(C)(C)N1Cc2ccccc2-c2c(nnn2C(C)(C)CC)-c2ccccc21.CCC(C)(C)N1Cc2ccccc2-c2nnn(C(C)(C)CC)c2-c2ccccc21. The first-order valence-electron chi connectivity index (χ1n) is 35.7. The van der Waals surface area contributed by atoms with E-state index in [9.17, 15) is 0 Å². The minimum atomic E-state index is -0.118. The monoisotopic (exact) mass is 1450 g/mol. The van der Waals surface area contributed by atoms with Crippen molar-refractivity contribution < 1.29 is 0 Å². The van der Waals surface area contributed by atoms with Gasteiger partial charge < -0.3 is 9.80 Å². The van der Waals surface area contributed by atoms with E-state index in [0.29, 0.717) is 0 Å². The first-order valence-corrected chi connectivity index (χ1v) is 35.7. The Morgan fingerprint density at radius 1 is 0.246 bits per heavy atom. The summed E-state index contributed by atoms with van der Waals surface area (Å²) in [5, 5.41) is 18.8. The molecule has 0 saturated heterocycles. The Morgan fingerprint density at radius 2 is 0.447 bits per heavy atom. The summed E-state index contributed by atoms with van der Waals surface area (Å²) in [4.78, 5) is 5.09. The van der Waals surface area contributed by atoms with Crippen LogP contribution in [-0.4, -0.2) is 41.1 Å². The second kappa shape index (κ2) is 47.4. The summed E-state index contributed by atoms with van der Waals surface area (Å²) in [5.74, 6) is 136. The predicted octanol–water partition coefficient (Wildman–Crippen LogP) is 13.6. The minimum Gasteiger partial charge on any atom is -0.362 e. The number of rotatable bonds is 8. The lowest BCUT2D eigenvalue weighted by Crippen LogP contribution is -2.44. The lowest BCUT2D eigenvalue weighted by Gasteiger charge is -2.42. The van der Waals surface area contributed by atoms with E-state index >= 15 is 0 Å². The number of hydrogen-bond donors (Lipinski definition) is 0. The van der Waals surface area contributed by atoms with Gasteiger partial charge in [-0.2, -0.15) is 0 Å². The molecular formula is C106H70N8. The van der Waals surface area contributed by atoms with Gasteiger partial charge in [-0.05, 0) is 213 Å². The summed E-state index contributed by atoms with van der Waals surface area (Å²) in [6, 6.07) is 34.8. The average molecular weight is 1460 g/mol. The first kappa shape index (κ1) is 85.8. The first-order chi connectivity index (χ1) is 55.5. The van der Waals surface area contributed by atoms with Gasteiger partial charge >= 0.3 is 0 Å². The third kappa shape index (κ3) is 27.7. The number of anilines is 2. The molecule has 4 aromatic carbocycles. The summed E-state index contributed by atoms with van der Waals surface area (Å²) in [5.41, 5.74) is 14.0. The van der Waals surface area contributed by atoms with Crippen LogP contribution >= 0.6 is 0 Å². The van der Waals surface area contributed by atoms with Crippen molar-refractivity contribution in [2.45, 2.75) is 158 Å². The highest BCUT2D eigenvalue weighted by Crippen LogP contribution is 2.47. The normalized spacial score (nSPS) is 9.04. The number of nitrogens with zero attached hydrogens (tertiary/aromatic N) is 8. The van der Waals surface area contributed by atoms with Crippen LogP contribution in [0.25, 0.3) is 45.0 Å². The van der Waals surface area contributed by atoms with Gasteiger partial charge in [-0.1, -0.05) is 135 Å². The lowest BCUT2D eigenvalue weighted by atomic mass is 9.90. The maximum atomic E-state index is 4.74. The number of para-hydroxylation sites is 2. The maximum Gasteiger partial charge on any atom is 0.123 e. The molecule has 4 heterocycles. The summed E-state index contributed by atoms with van der Waals surface area (Å²) < 4.78 is 4.28. The summed E-state index contributed by atoms with van der Waals surface area (Å²) >= 11 is 0. The van der Waals surface area contributed by atoms with Crippen molar-refractivity contribution in [3.05, 3.63) is 108 Å². The topological polar surface area (TPSA) is 67.9 Å². The molecule has 8 rings (SSSR count). The molecule has 8 heteroatoms. The minimum absolute atomic E-state index is 0.0271. The number of fused-ring (bicyclic) bond motifs is 10. The van der Waals surface area contributed by atoms with Crippen LogP contribution in [0.4, 0.5) is 11.4 Å². The van der Waals surface area contributed by atoms with Crippen LogP contribution < -0.4 is 9.80 Å². The zero-order valence-corrected chi connectivity index (χ0v) is 66.1. The van der Waals surface area contributed by atoms with Crippen molar-refractivity contribution >= 4 is 11.4 Å². The van der Waals surface area contributed by atoms with Gasteiger partial charge in [0.1, 0.15) is 11.4 Å². The molecule has 2 aliphatic rings. The van der Waals surface area contributed by atoms with Crippen LogP contribution in [0.5, 0.6) is 0 Å². The molecule has 8 nitrogen and oxygen atoms in total. The van der Waals surface area contributed by atoms with Crippen LogP contribution in [0, 0.1) is 320 Å². The molecule has 0 spiro atoms. The predicted molar refractivity (Wildman–Crippen MR) is 463 cm³/mol. The third-order valence-electron chi connectivity index (χ3n) is 16.9. The third-order valence-corrected chi connectivity index (χ3v) is 16.9. The molecule has 2 aromatic heterocycles. The zero-order chi connectivity index (χ0) is 81.8. The van der Waals surface area contributed by atoms with Gasteiger partial charge in [0.25, 0.3) is 0 Å². The smallest absolute Gasteiger partial charge is 0.123 e. The Bertz CT molecular complexity index is 6430. The van der Waals surface area contributed by atoms with Gasteiger partial charge in [0.05, 0.1) is 22.5 Å². The van der Waals surface area contributed by atoms with E-state index in [1.54, 1.807) is 13.8 Å². The molecule has 0 N–H and O–H groups in total. The fourth-order valence-corrected chi connectivity index (χ4v) is 9.81.